The van der Waals surface area contributed by atoms with Gasteiger partial charge in [-0.05, 0) is 44.6 Å². The Morgan fingerprint density at radius 1 is 1.28 bits per heavy atom. The fourth-order valence-electron chi connectivity index (χ4n) is 2.86. The van der Waals surface area contributed by atoms with Crippen molar-refractivity contribution in [2.45, 2.75) is 44.6 Å². The van der Waals surface area contributed by atoms with Crippen LogP contribution in [-0.2, 0) is 9.59 Å². The molecule has 1 saturated carbocycles. The quantitative estimate of drug-likeness (QED) is 0.694. The van der Waals surface area contributed by atoms with Gasteiger partial charge in [-0.15, -0.1) is 0 Å². The number of rotatable bonds is 3. The van der Waals surface area contributed by atoms with E-state index in [1.54, 1.807) is 0 Å². The van der Waals surface area contributed by atoms with Crippen LogP contribution in [0.15, 0.2) is 0 Å². The summed E-state index contributed by atoms with van der Waals surface area (Å²) in [5, 5.41) is 15.4. The van der Waals surface area contributed by atoms with Crippen LogP contribution in [0.1, 0.15) is 39.0 Å². The summed E-state index contributed by atoms with van der Waals surface area (Å²) >= 11 is 0. The maximum atomic E-state index is 12.1. The molecule has 0 radical (unpaired) electrons. The van der Waals surface area contributed by atoms with Gasteiger partial charge in [-0.3, -0.25) is 4.79 Å². The van der Waals surface area contributed by atoms with Crippen molar-refractivity contribution in [1.82, 2.24) is 10.6 Å². The van der Waals surface area contributed by atoms with Crippen LogP contribution in [0.2, 0.25) is 0 Å². The van der Waals surface area contributed by atoms with E-state index in [1.165, 1.54) is 0 Å². The maximum absolute atomic E-state index is 12.1. The lowest BCUT2D eigenvalue weighted by Gasteiger charge is -2.37. The highest BCUT2D eigenvalue weighted by Crippen LogP contribution is 2.32. The Kier molecular flexibility index (Phi) is 3.90. The molecule has 2 rings (SSSR count). The smallest absolute Gasteiger partial charge is 0.329 e. The van der Waals surface area contributed by atoms with E-state index in [-0.39, 0.29) is 11.8 Å². The molecule has 1 saturated heterocycles. The van der Waals surface area contributed by atoms with Crippen molar-refractivity contribution < 1.29 is 14.7 Å². The Balaban J connectivity index is 2.01. The highest BCUT2D eigenvalue weighted by Gasteiger charge is 2.43. The molecule has 5 heteroatoms. The van der Waals surface area contributed by atoms with Gasteiger partial charge in [-0.1, -0.05) is 6.92 Å². The summed E-state index contributed by atoms with van der Waals surface area (Å²) in [4.78, 5) is 23.6. The van der Waals surface area contributed by atoms with Gasteiger partial charge in [0.05, 0.1) is 5.92 Å². The zero-order valence-corrected chi connectivity index (χ0v) is 10.9. The van der Waals surface area contributed by atoms with Crippen molar-refractivity contribution in [2.75, 3.05) is 13.1 Å². The molecule has 0 spiro atoms. The van der Waals surface area contributed by atoms with Gasteiger partial charge in [0.1, 0.15) is 5.54 Å². The van der Waals surface area contributed by atoms with Gasteiger partial charge in [-0.25, -0.2) is 4.79 Å². The highest BCUT2D eigenvalue weighted by atomic mass is 16.4. The first-order chi connectivity index (χ1) is 8.53. The summed E-state index contributed by atoms with van der Waals surface area (Å²) in [6.45, 7) is 3.64. The number of carboxylic acid groups (broad SMARTS) is 1. The summed E-state index contributed by atoms with van der Waals surface area (Å²) in [5.41, 5.74) is -1.02. The molecule has 2 fully saturated rings. The number of hydrogen-bond donors (Lipinski definition) is 3. The lowest BCUT2D eigenvalue weighted by atomic mass is 9.77. The average molecular weight is 254 g/mol. The molecule has 5 nitrogen and oxygen atoms in total. The van der Waals surface area contributed by atoms with Crippen molar-refractivity contribution in [3.05, 3.63) is 0 Å². The van der Waals surface area contributed by atoms with Gasteiger partial charge in [-0.2, -0.15) is 0 Å². The van der Waals surface area contributed by atoms with Crippen LogP contribution < -0.4 is 10.6 Å². The molecule has 3 N–H and O–H groups in total. The zero-order chi connectivity index (χ0) is 13.2. The second kappa shape index (κ2) is 5.26. The van der Waals surface area contributed by atoms with Gasteiger partial charge in [0.25, 0.3) is 0 Å². The first-order valence-corrected chi connectivity index (χ1v) is 6.80. The second-order valence-electron chi connectivity index (χ2n) is 5.75. The summed E-state index contributed by atoms with van der Waals surface area (Å²) in [5.74, 6) is -0.492. The molecular formula is C13H22N2O3. The first-order valence-electron chi connectivity index (χ1n) is 6.80. The number of nitrogens with one attached hydrogen (secondary N) is 2. The van der Waals surface area contributed by atoms with Crippen molar-refractivity contribution in [3.63, 3.8) is 0 Å². The number of aliphatic carboxylic acids is 1. The van der Waals surface area contributed by atoms with E-state index >= 15 is 0 Å². The summed E-state index contributed by atoms with van der Waals surface area (Å²) in [6, 6.07) is 0. The molecule has 0 bridgehead atoms. The number of carbonyl (C=O) groups excluding carboxylic acids is 1. The van der Waals surface area contributed by atoms with E-state index in [0.717, 1.165) is 25.8 Å². The largest absolute Gasteiger partial charge is 0.480 e. The van der Waals surface area contributed by atoms with Crippen LogP contribution in [0, 0.1) is 11.8 Å². The third kappa shape index (κ3) is 2.66. The number of hydrogen-bond acceptors (Lipinski definition) is 3. The lowest BCUT2D eigenvalue weighted by Crippen LogP contribution is -2.57. The van der Waals surface area contributed by atoms with Crippen molar-refractivity contribution >= 4 is 11.9 Å². The Hall–Kier alpha value is -1.10. The molecule has 0 aromatic rings. The maximum Gasteiger partial charge on any atom is 0.329 e. The molecule has 18 heavy (non-hydrogen) atoms. The van der Waals surface area contributed by atoms with Gasteiger partial charge >= 0.3 is 5.97 Å². The predicted octanol–water partition coefficient (Wildman–Crippen LogP) is 0.746. The molecule has 0 aromatic carbocycles. The third-order valence-electron chi connectivity index (χ3n) is 4.33. The standard InChI is InChI=1S/C13H22N2O3/c1-9-2-5-13(6-3-9,12(17)18)15-11(16)10-4-7-14-8-10/h9-10,14H,2-8H2,1H3,(H,15,16)(H,17,18). The van der Waals surface area contributed by atoms with Crippen LogP contribution in [0.3, 0.4) is 0 Å². The van der Waals surface area contributed by atoms with E-state index in [2.05, 4.69) is 17.6 Å². The molecule has 1 amide bonds. The van der Waals surface area contributed by atoms with Gasteiger partial charge in [0.15, 0.2) is 0 Å². The Morgan fingerprint density at radius 2 is 1.94 bits per heavy atom. The lowest BCUT2D eigenvalue weighted by molar-refractivity contribution is -0.150. The molecule has 1 heterocycles. The van der Waals surface area contributed by atoms with Crippen LogP contribution in [0.4, 0.5) is 0 Å². The second-order valence-corrected chi connectivity index (χ2v) is 5.75. The zero-order valence-electron chi connectivity index (χ0n) is 10.9. The number of carboxylic acids is 1. The molecule has 1 atom stereocenters. The normalized spacial score (nSPS) is 36.3. The average Bonchev–Trinajstić information content (AvgIpc) is 2.85. The topological polar surface area (TPSA) is 78.4 Å². The highest BCUT2D eigenvalue weighted by molar-refractivity contribution is 5.88. The molecule has 102 valence electrons. The fraction of sp³-hybridized carbons (Fsp3) is 0.846. The van der Waals surface area contributed by atoms with Crippen LogP contribution in [-0.4, -0.2) is 35.6 Å². The monoisotopic (exact) mass is 254 g/mol. The SMILES string of the molecule is CC1CCC(NC(=O)C2CCNC2)(C(=O)O)CC1. The van der Waals surface area contributed by atoms with Crippen LogP contribution in [0.5, 0.6) is 0 Å². The minimum Gasteiger partial charge on any atom is -0.480 e. The number of carbonyl (C=O) groups is 2. The van der Waals surface area contributed by atoms with E-state index < -0.39 is 11.5 Å². The van der Waals surface area contributed by atoms with E-state index in [0.29, 0.717) is 25.3 Å². The van der Waals surface area contributed by atoms with Crippen LogP contribution >= 0.6 is 0 Å². The summed E-state index contributed by atoms with van der Waals surface area (Å²) in [6.07, 6.45) is 3.65. The van der Waals surface area contributed by atoms with Crippen molar-refractivity contribution in [1.29, 1.82) is 0 Å². The van der Waals surface area contributed by atoms with Crippen molar-refractivity contribution in [2.24, 2.45) is 11.8 Å². The van der Waals surface area contributed by atoms with E-state index in [1.807, 2.05) is 0 Å². The van der Waals surface area contributed by atoms with Crippen molar-refractivity contribution in [3.8, 4) is 0 Å². The fourth-order valence-corrected chi connectivity index (χ4v) is 2.86. The Morgan fingerprint density at radius 3 is 2.44 bits per heavy atom. The third-order valence-corrected chi connectivity index (χ3v) is 4.33. The Labute approximate surface area is 107 Å². The minimum absolute atomic E-state index is 0.0689. The first kappa shape index (κ1) is 13.3. The molecule has 1 aliphatic carbocycles. The Bertz CT molecular complexity index is 329. The van der Waals surface area contributed by atoms with E-state index in [9.17, 15) is 14.7 Å². The van der Waals surface area contributed by atoms with Gasteiger partial charge in [0.2, 0.25) is 5.91 Å². The van der Waals surface area contributed by atoms with E-state index in [4.69, 9.17) is 0 Å². The van der Waals surface area contributed by atoms with Gasteiger partial charge < -0.3 is 15.7 Å². The number of amides is 1. The molecule has 0 aromatic heterocycles. The molecule has 2 aliphatic rings. The molecule has 1 aliphatic heterocycles. The molecular weight excluding hydrogens is 232 g/mol. The summed E-state index contributed by atoms with van der Waals surface area (Å²) < 4.78 is 0. The van der Waals surface area contributed by atoms with Crippen LogP contribution in [0.25, 0.3) is 0 Å². The molecule has 1 unspecified atom stereocenters. The predicted molar refractivity (Wildman–Crippen MR) is 67.1 cm³/mol. The summed E-state index contributed by atoms with van der Waals surface area (Å²) in [7, 11) is 0. The van der Waals surface area contributed by atoms with Gasteiger partial charge in [0, 0.05) is 6.54 Å². The minimum atomic E-state index is -1.02.